The Kier molecular flexibility index (Phi) is 4.01. The van der Waals surface area contributed by atoms with Crippen molar-refractivity contribution >= 4 is 17.5 Å². The van der Waals surface area contributed by atoms with Crippen LogP contribution in [-0.4, -0.2) is 48.6 Å². The van der Waals surface area contributed by atoms with Gasteiger partial charge in [0, 0.05) is 31.5 Å². The van der Waals surface area contributed by atoms with Gasteiger partial charge in [-0.2, -0.15) is 4.98 Å². The molecule has 2 aromatic rings. The van der Waals surface area contributed by atoms with E-state index in [1.54, 1.807) is 0 Å². The minimum atomic E-state index is 0.773. The van der Waals surface area contributed by atoms with Crippen LogP contribution in [0, 0.1) is 0 Å². The summed E-state index contributed by atoms with van der Waals surface area (Å²) in [5.74, 6) is 1.65. The van der Waals surface area contributed by atoms with Crippen molar-refractivity contribution in [2.45, 2.75) is 6.42 Å². The van der Waals surface area contributed by atoms with Gasteiger partial charge in [0.2, 0.25) is 5.95 Å². The monoisotopic (exact) mass is 283 g/mol. The Bertz CT molecular complexity index is 611. The lowest BCUT2D eigenvalue weighted by molar-refractivity contribution is 0.425. The fourth-order valence-electron chi connectivity index (χ4n) is 2.53. The molecule has 0 bridgehead atoms. The molecule has 2 heterocycles. The van der Waals surface area contributed by atoms with Crippen LogP contribution in [0.5, 0.6) is 0 Å². The summed E-state index contributed by atoms with van der Waals surface area (Å²) in [6, 6.07) is 10.4. The van der Waals surface area contributed by atoms with Crippen LogP contribution in [0.25, 0.3) is 0 Å². The highest BCUT2D eigenvalue weighted by molar-refractivity contribution is 5.66. The first-order valence-electron chi connectivity index (χ1n) is 7.31. The molecule has 0 amide bonds. The highest BCUT2D eigenvalue weighted by Gasteiger charge is 2.21. The molecule has 110 valence electrons. The van der Waals surface area contributed by atoms with Crippen molar-refractivity contribution in [1.29, 1.82) is 0 Å². The van der Waals surface area contributed by atoms with Gasteiger partial charge in [0.1, 0.15) is 5.82 Å². The predicted molar refractivity (Wildman–Crippen MR) is 86.2 cm³/mol. The van der Waals surface area contributed by atoms with Gasteiger partial charge >= 0.3 is 0 Å². The van der Waals surface area contributed by atoms with Crippen molar-refractivity contribution in [3.63, 3.8) is 0 Å². The first kappa shape index (κ1) is 13.8. The average molecular weight is 283 g/mol. The van der Waals surface area contributed by atoms with Crippen LogP contribution in [0.2, 0.25) is 0 Å². The van der Waals surface area contributed by atoms with Crippen molar-refractivity contribution in [3.8, 4) is 0 Å². The molecule has 21 heavy (non-hydrogen) atoms. The average Bonchev–Trinajstić information content (AvgIpc) is 2.91. The lowest BCUT2D eigenvalue weighted by Crippen LogP contribution is -2.22. The molecule has 0 saturated carbocycles. The highest BCUT2D eigenvalue weighted by atomic mass is 15.3. The molecule has 1 N–H and O–H groups in total. The summed E-state index contributed by atoms with van der Waals surface area (Å²) in [6.45, 7) is 2.80. The molecule has 1 aliphatic rings. The van der Waals surface area contributed by atoms with Gasteiger partial charge in [-0.05, 0) is 38.2 Å². The maximum atomic E-state index is 4.64. The minimum Gasteiger partial charge on any atom is -0.369 e. The molecule has 1 aliphatic heterocycles. The van der Waals surface area contributed by atoms with Gasteiger partial charge in [-0.25, -0.2) is 4.98 Å². The third-order valence-electron chi connectivity index (χ3n) is 3.64. The molecule has 5 heteroatoms. The first-order chi connectivity index (χ1) is 10.2. The summed E-state index contributed by atoms with van der Waals surface area (Å²) < 4.78 is 0. The quantitative estimate of drug-likeness (QED) is 0.911. The van der Waals surface area contributed by atoms with E-state index in [1.165, 1.54) is 11.3 Å². The number of hydrogen-bond acceptors (Lipinski definition) is 5. The van der Waals surface area contributed by atoms with Crippen LogP contribution in [0.15, 0.2) is 36.5 Å². The van der Waals surface area contributed by atoms with Crippen molar-refractivity contribution in [1.82, 2.24) is 14.9 Å². The summed E-state index contributed by atoms with van der Waals surface area (Å²) in [5.41, 5.74) is 2.59. The number of rotatable bonds is 5. The van der Waals surface area contributed by atoms with E-state index in [0.717, 1.165) is 37.8 Å². The van der Waals surface area contributed by atoms with Crippen LogP contribution in [0.1, 0.15) is 5.56 Å². The predicted octanol–water partition coefficient (Wildman–Crippen LogP) is 2.14. The normalized spacial score (nSPS) is 13.6. The molecule has 0 aliphatic carbocycles. The molecule has 0 saturated heterocycles. The second-order valence-electron chi connectivity index (χ2n) is 5.50. The standard InChI is InChI=1S/C16H21N5/c1-20(2)12-10-17-15-7-9-18-16(19-15)21-11-8-13-5-3-4-6-14(13)21/h3-7,9H,8,10-12H2,1-2H3,(H,17,18,19). The summed E-state index contributed by atoms with van der Waals surface area (Å²) >= 11 is 0. The zero-order chi connectivity index (χ0) is 14.7. The Morgan fingerprint density at radius 3 is 2.95 bits per heavy atom. The Hall–Kier alpha value is -2.14. The SMILES string of the molecule is CN(C)CCNc1ccnc(N2CCc3ccccc32)n1. The lowest BCUT2D eigenvalue weighted by Gasteiger charge is -2.18. The van der Waals surface area contributed by atoms with Gasteiger partial charge < -0.3 is 15.1 Å². The Morgan fingerprint density at radius 1 is 1.24 bits per heavy atom. The number of anilines is 3. The molecule has 0 unspecified atom stereocenters. The van der Waals surface area contributed by atoms with Crippen molar-refractivity contribution in [2.75, 3.05) is 43.9 Å². The van der Waals surface area contributed by atoms with E-state index in [4.69, 9.17) is 0 Å². The highest BCUT2D eigenvalue weighted by Crippen LogP contribution is 2.32. The van der Waals surface area contributed by atoms with Crippen LogP contribution in [-0.2, 0) is 6.42 Å². The number of para-hydroxylation sites is 1. The van der Waals surface area contributed by atoms with E-state index in [0.29, 0.717) is 0 Å². The Morgan fingerprint density at radius 2 is 2.10 bits per heavy atom. The Labute approximate surface area is 125 Å². The van der Waals surface area contributed by atoms with Gasteiger partial charge in [0.15, 0.2) is 0 Å². The van der Waals surface area contributed by atoms with Crippen molar-refractivity contribution < 1.29 is 0 Å². The number of benzene rings is 1. The van der Waals surface area contributed by atoms with Gasteiger partial charge in [-0.3, -0.25) is 0 Å². The molecule has 0 atom stereocenters. The topological polar surface area (TPSA) is 44.3 Å². The van der Waals surface area contributed by atoms with E-state index in [1.807, 2.05) is 12.3 Å². The Balaban J connectivity index is 1.75. The smallest absolute Gasteiger partial charge is 0.231 e. The largest absolute Gasteiger partial charge is 0.369 e. The van der Waals surface area contributed by atoms with E-state index >= 15 is 0 Å². The second kappa shape index (κ2) is 6.10. The first-order valence-corrected chi connectivity index (χ1v) is 7.31. The number of nitrogens with zero attached hydrogens (tertiary/aromatic N) is 4. The third-order valence-corrected chi connectivity index (χ3v) is 3.64. The maximum absolute atomic E-state index is 4.64. The van der Waals surface area contributed by atoms with Gasteiger partial charge in [0.25, 0.3) is 0 Å². The van der Waals surface area contributed by atoms with E-state index in [-0.39, 0.29) is 0 Å². The van der Waals surface area contributed by atoms with Gasteiger partial charge in [-0.15, -0.1) is 0 Å². The van der Waals surface area contributed by atoms with Crippen LogP contribution in [0.4, 0.5) is 17.5 Å². The van der Waals surface area contributed by atoms with Crippen LogP contribution < -0.4 is 10.2 Å². The van der Waals surface area contributed by atoms with Gasteiger partial charge in [0.05, 0.1) is 0 Å². The summed E-state index contributed by atoms with van der Waals surface area (Å²) in [4.78, 5) is 13.4. The number of fused-ring (bicyclic) bond motifs is 1. The third kappa shape index (κ3) is 3.13. The second-order valence-corrected chi connectivity index (χ2v) is 5.50. The molecule has 5 nitrogen and oxygen atoms in total. The molecule has 0 spiro atoms. The molecule has 1 aromatic heterocycles. The molecule has 1 aromatic carbocycles. The fraction of sp³-hybridized carbons (Fsp3) is 0.375. The molecule has 0 radical (unpaired) electrons. The number of aromatic nitrogens is 2. The number of nitrogens with one attached hydrogen (secondary N) is 1. The summed E-state index contributed by atoms with van der Waals surface area (Å²) in [5, 5.41) is 3.34. The number of hydrogen-bond donors (Lipinski definition) is 1. The number of likely N-dealkylation sites (N-methyl/N-ethyl adjacent to an activating group) is 1. The van der Waals surface area contributed by atoms with Crippen LogP contribution >= 0.6 is 0 Å². The molecular formula is C16H21N5. The summed E-state index contributed by atoms with van der Waals surface area (Å²) in [6.07, 6.45) is 2.87. The zero-order valence-corrected chi connectivity index (χ0v) is 12.6. The van der Waals surface area contributed by atoms with E-state index < -0.39 is 0 Å². The van der Waals surface area contributed by atoms with Crippen molar-refractivity contribution in [3.05, 3.63) is 42.1 Å². The molecule has 3 rings (SSSR count). The zero-order valence-electron chi connectivity index (χ0n) is 12.6. The maximum Gasteiger partial charge on any atom is 0.231 e. The van der Waals surface area contributed by atoms with E-state index in [2.05, 4.69) is 63.4 Å². The fourth-order valence-corrected chi connectivity index (χ4v) is 2.53. The van der Waals surface area contributed by atoms with Crippen molar-refractivity contribution in [2.24, 2.45) is 0 Å². The van der Waals surface area contributed by atoms with E-state index in [9.17, 15) is 0 Å². The van der Waals surface area contributed by atoms with Gasteiger partial charge in [-0.1, -0.05) is 18.2 Å². The lowest BCUT2D eigenvalue weighted by atomic mass is 10.2. The van der Waals surface area contributed by atoms with Crippen LogP contribution in [0.3, 0.4) is 0 Å². The minimum absolute atomic E-state index is 0.773. The molecule has 0 fully saturated rings. The molecular weight excluding hydrogens is 262 g/mol. The summed E-state index contributed by atoms with van der Waals surface area (Å²) in [7, 11) is 4.13.